The summed E-state index contributed by atoms with van der Waals surface area (Å²) in [5.41, 5.74) is 0.882. The number of nitrogens with zero attached hydrogens (tertiary/aromatic N) is 3. The van der Waals surface area contributed by atoms with E-state index in [2.05, 4.69) is 10.3 Å². The maximum absolute atomic E-state index is 12.9. The monoisotopic (exact) mass is 340 g/mol. The number of nitrogens with one attached hydrogen (secondary N) is 1. The van der Waals surface area contributed by atoms with Crippen LogP contribution in [0.3, 0.4) is 0 Å². The van der Waals surface area contributed by atoms with E-state index >= 15 is 0 Å². The van der Waals surface area contributed by atoms with Gasteiger partial charge >= 0.3 is 0 Å². The molecule has 2 heterocycles. The number of rotatable bonds is 5. The summed E-state index contributed by atoms with van der Waals surface area (Å²) in [6.45, 7) is 1.15. The van der Waals surface area contributed by atoms with Crippen molar-refractivity contribution in [3.63, 3.8) is 0 Å². The zero-order valence-electron chi connectivity index (χ0n) is 14.2. The molecule has 0 radical (unpaired) electrons. The molecule has 0 spiro atoms. The maximum Gasteiger partial charge on any atom is 0.262 e. The molecule has 7 nitrogen and oxygen atoms in total. The van der Waals surface area contributed by atoms with Crippen molar-refractivity contribution in [3.05, 3.63) is 48.2 Å². The smallest absolute Gasteiger partial charge is 0.262 e. The molecule has 1 aliphatic heterocycles. The lowest BCUT2D eigenvalue weighted by atomic mass is 10.1. The lowest BCUT2D eigenvalue weighted by molar-refractivity contribution is -0.119. The minimum absolute atomic E-state index is 0.0946. The number of amides is 2. The van der Waals surface area contributed by atoms with Crippen molar-refractivity contribution < 1.29 is 14.3 Å². The molecule has 1 aromatic heterocycles. The zero-order chi connectivity index (χ0) is 17.8. The van der Waals surface area contributed by atoms with E-state index < -0.39 is 0 Å². The van der Waals surface area contributed by atoms with Gasteiger partial charge in [-0.2, -0.15) is 0 Å². The third-order valence-corrected chi connectivity index (χ3v) is 3.79. The van der Waals surface area contributed by atoms with E-state index in [0.717, 1.165) is 6.54 Å². The van der Waals surface area contributed by atoms with Gasteiger partial charge in [0, 0.05) is 19.3 Å². The molecule has 0 saturated heterocycles. The van der Waals surface area contributed by atoms with Crippen LogP contribution in [-0.4, -0.2) is 55.4 Å². The zero-order valence-corrected chi connectivity index (χ0v) is 14.2. The molecular weight excluding hydrogens is 320 g/mol. The molecule has 1 N–H and O–H groups in total. The lowest BCUT2D eigenvalue weighted by Gasteiger charge is -2.21. The molecule has 0 atom stereocenters. The fourth-order valence-corrected chi connectivity index (χ4v) is 2.53. The van der Waals surface area contributed by atoms with Crippen molar-refractivity contribution in [3.8, 4) is 11.6 Å². The number of benzene rings is 1. The van der Waals surface area contributed by atoms with Crippen LogP contribution in [0.5, 0.6) is 11.6 Å². The SMILES string of the molecule is CN(C)CCNC(=O)CN1C(=O)c2ccccc2Oc2ncccc21. The van der Waals surface area contributed by atoms with Crippen LogP contribution in [0, 0.1) is 0 Å². The summed E-state index contributed by atoms with van der Waals surface area (Å²) in [7, 11) is 3.86. The van der Waals surface area contributed by atoms with E-state index in [1.165, 1.54) is 4.90 Å². The van der Waals surface area contributed by atoms with Gasteiger partial charge in [0.05, 0.1) is 5.56 Å². The molecule has 2 aromatic rings. The predicted octanol–water partition coefficient (Wildman–Crippen LogP) is 1.51. The number of pyridine rings is 1. The molecule has 0 saturated carbocycles. The topological polar surface area (TPSA) is 74.8 Å². The van der Waals surface area contributed by atoms with Crippen LogP contribution in [0.15, 0.2) is 42.6 Å². The summed E-state index contributed by atoms with van der Waals surface area (Å²) in [6, 6.07) is 10.4. The molecule has 0 unspecified atom stereocenters. The molecule has 0 fully saturated rings. The fourth-order valence-electron chi connectivity index (χ4n) is 2.53. The summed E-state index contributed by atoms with van der Waals surface area (Å²) in [6.07, 6.45) is 1.59. The van der Waals surface area contributed by atoms with Crippen LogP contribution < -0.4 is 15.0 Å². The van der Waals surface area contributed by atoms with E-state index in [1.54, 1.807) is 42.6 Å². The van der Waals surface area contributed by atoms with Gasteiger partial charge in [-0.3, -0.25) is 14.5 Å². The first-order chi connectivity index (χ1) is 12.1. The highest BCUT2D eigenvalue weighted by Crippen LogP contribution is 2.36. The molecule has 25 heavy (non-hydrogen) atoms. The first-order valence-corrected chi connectivity index (χ1v) is 8.01. The van der Waals surface area contributed by atoms with Crippen LogP contribution in [0.1, 0.15) is 10.4 Å². The van der Waals surface area contributed by atoms with Crippen LogP contribution in [0.4, 0.5) is 5.69 Å². The maximum atomic E-state index is 12.9. The Morgan fingerprint density at radius 2 is 2.04 bits per heavy atom. The molecule has 3 rings (SSSR count). The van der Waals surface area contributed by atoms with Crippen LogP contribution >= 0.6 is 0 Å². The normalized spacial score (nSPS) is 12.9. The number of fused-ring (bicyclic) bond motifs is 2. The van der Waals surface area contributed by atoms with E-state index in [1.807, 2.05) is 19.0 Å². The second-order valence-electron chi connectivity index (χ2n) is 5.97. The van der Waals surface area contributed by atoms with Gasteiger partial charge in [0.1, 0.15) is 18.0 Å². The van der Waals surface area contributed by atoms with E-state index in [4.69, 9.17) is 4.74 Å². The fraction of sp³-hybridized carbons (Fsp3) is 0.278. The molecule has 1 aromatic carbocycles. The summed E-state index contributed by atoms with van der Waals surface area (Å²) >= 11 is 0. The first kappa shape index (κ1) is 16.9. The highest BCUT2D eigenvalue weighted by molar-refractivity contribution is 6.11. The van der Waals surface area contributed by atoms with Crippen LogP contribution in [0.25, 0.3) is 0 Å². The van der Waals surface area contributed by atoms with Gasteiger partial charge in [-0.1, -0.05) is 12.1 Å². The van der Waals surface area contributed by atoms with Gasteiger partial charge in [-0.25, -0.2) is 4.98 Å². The van der Waals surface area contributed by atoms with Crippen molar-refractivity contribution in [2.24, 2.45) is 0 Å². The van der Waals surface area contributed by atoms with E-state index in [-0.39, 0.29) is 18.4 Å². The number of aromatic nitrogens is 1. The van der Waals surface area contributed by atoms with Crippen molar-refractivity contribution in [1.29, 1.82) is 0 Å². The third kappa shape index (κ3) is 3.77. The average molecular weight is 340 g/mol. The summed E-state index contributed by atoms with van der Waals surface area (Å²) in [5, 5.41) is 2.82. The summed E-state index contributed by atoms with van der Waals surface area (Å²) < 4.78 is 5.79. The van der Waals surface area contributed by atoms with Gasteiger partial charge in [-0.05, 0) is 38.4 Å². The van der Waals surface area contributed by atoms with Gasteiger partial charge < -0.3 is 15.0 Å². The molecule has 2 amide bonds. The minimum Gasteiger partial charge on any atom is -0.436 e. The standard InChI is InChI=1S/C18H20N4O3/c1-21(2)11-10-19-16(23)12-22-14-7-5-9-20-17(14)25-15-8-4-3-6-13(15)18(22)24/h3-9H,10-12H2,1-2H3,(H,19,23). The largest absolute Gasteiger partial charge is 0.436 e. The molecule has 7 heteroatoms. The van der Waals surface area contributed by atoms with Crippen LogP contribution in [0.2, 0.25) is 0 Å². The number of carbonyl (C=O) groups excluding carboxylic acids is 2. The number of hydrogen-bond donors (Lipinski definition) is 1. The van der Waals surface area contributed by atoms with Crippen molar-refractivity contribution in [1.82, 2.24) is 15.2 Å². The van der Waals surface area contributed by atoms with Crippen molar-refractivity contribution in [2.75, 3.05) is 38.6 Å². The Kier molecular flexibility index (Phi) is 4.95. The average Bonchev–Trinajstić information content (AvgIpc) is 2.70. The van der Waals surface area contributed by atoms with Gasteiger partial charge in [-0.15, -0.1) is 0 Å². The minimum atomic E-state index is -0.287. The third-order valence-electron chi connectivity index (χ3n) is 3.79. The highest BCUT2D eigenvalue weighted by Gasteiger charge is 2.29. The Labute approximate surface area is 146 Å². The summed E-state index contributed by atoms with van der Waals surface area (Å²) in [4.78, 5) is 32.8. The Bertz CT molecular complexity index is 791. The number of para-hydroxylation sites is 1. The van der Waals surface area contributed by atoms with Gasteiger partial charge in [0.2, 0.25) is 11.8 Å². The molecule has 1 aliphatic rings. The van der Waals surface area contributed by atoms with E-state index in [0.29, 0.717) is 29.4 Å². The Balaban J connectivity index is 1.86. The Morgan fingerprint density at radius 1 is 1.24 bits per heavy atom. The molecular formula is C18H20N4O3. The number of likely N-dealkylation sites (N-methyl/N-ethyl adjacent to an activating group) is 1. The second kappa shape index (κ2) is 7.31. The highest BCUT2D eigenvalue weighted by atomic mass is 16.5. The molecule has 0 bridgehead atoms. The lowest BCUT2D eigenvalue weighted by Crippen LogP contribution is -2.42. The Morgan fingerprint density at radius 3 is 2.84 bits per heavy atom. The summed E-state index contributed by atoms with van der Waals surface area (Å²) in [5.74, 6) is 0.222. The quantitative estimate of drug-likeness (QED) is 0.893. The number of carbonyl (C=O) groups is 2. The number of hydrogen-bond acceptors (Lipinski definition) is 5. The first-order valence-electron chi connectivity index (χ1n) is 8.01. The predicted molar refractivity (Wildman–Crippen MR) is 94.0 cm³/mol. The van der Waals surface area contributed by atoms with Crippen molar-refractivity contribution >= 4 is 17.5 Å². The Hall–Kier alpha value is -2.93. The van der Waals surface area contributed by atoms with Gasteiger partial charge in [0.25, 0.3) is 5.91 Å². The molecule has 130 valence electrons. The van der Waals surface area contributed by atoms with Crippen LogP contribution in [-0.2, 0) is 4.79 Å². The van der Waals surface area contributed by atoms with E-state index in [9.17, 15) is 9.59 Å². The number of anilines is 1. The second-order valence-corrected chi connectivity index (χ2v) is 5.97. The van der Waals surface area contributed by atoms with Crippen molar-refractivity contribution in [2.45, 2.75) is 0 Å². The van der Waals surface area contributed by atoms with Gasteiger partial charge in [0.15, 0.2) is 0 Å². The number of ether oxygens (including phenoxy) is 1. The molecule has 0 aliphatic carbocycles.